The lowest BCUT2D eigenvalue weighted by Gasteiger charge is -2.24. The number of carbonyl (C=O) groups is 2. The summed E-state index contributed by atoms with van der Waals surface area (Å²) in [5, 5.41) is 14.5. The van der Waals surface area contributed by atoms with Crippen LogP contribution in [-0.4, -0.2) is 35.6 Å². The molecular formula is C13H26N2O3. The van der Waals surface area contributed by atoms with Crippen molar-refractivity contribution in [2.45, 2.75) is 58.4 Å². The normalized spacial score (nSPS) is 11.3. The summed E-state index contributed by atoms with van der Waals surface area (Å²) < 4.78 is 0. The van der Waals surface area contributed by atoms with Crippen LogP contribution < -0.4 is 10.6 Å². The van der Waals surface area contributed by atoms with Gasteiger partial charge in [0.05, 0.1) is 5.54 Å². The molecule has 106 valence electrons. The van der Waals surface area contributed by atoms with Crippen molar-refractivity contribution in [3.63, 3.8) is 0 Å². The number of carboxylic acid groups (broad SMARTS) is 1. The second kappa shape index (κ2) is 8.91. The molecule has 0 unspecified atom stereocenters. The highest BCUT2D eigenvalue weighted by molar-refractivity contribution is 5.85. The summed E-state index contributed by atoms with van der Waals surface area (Å²) in [6.45, 7) is 7.10. The van der Waals surface area contributed by atoms with E-state index in [0.29, 0.717) is 13.0 Å². The molecule has 0 atom stereocenters. The summed E-state index contributed by atoms with van der Waals surface area (Å²) in [4.78, 5) is 22.1. The standard InChI is InChI=1S/C13H26N2O3/c1-4-15-13(2,3)12(18)14-10-8-6-5-7-9-11(16)17/h15H,4-10H2,1-3H3,(H,14,18)(H,16,17). The summed E-state index contributed by atoms with van der Waals surface area (Å²) in [5.74, 6) is -0.731. The van der Waals surface area contributed by atoms with Crippen LogP contribution in [-0.2, 0) is 9.59 Å². The number of unbranched alkanes of at least 4 members (excludes halogenated alkanes) is 3. The van der Waals surface area contributed by atoms with Crippen LogP contribution in [0.25, 0.3) is 0 Å². The molecule has 5 heteroatoms. The molecule has 0 heterocycles. The Bertz CT molecular complexity index is 265. The first kappa shape index (κ1) is 16.9. The van der Waals surface area contributed by atoms with Crippen LogP contribution in [0.4, 0.5) is 0 Å². The number of carbonyl (C=O) groups excluding carboxylic acids is 1. The zero-order chi connectivity index (χ0) is 14.0. The van der Waals surface area contributed by atoms with Gasteiger partial charge in [0, 0.05) is 13.0 Å². The maximum absolute atomic E-state index is 11.8. The molecule has 5 nitrogen and oxygen atoms in total. The molecule has 0 aromatic rings. The molecule has 0 aliphatic heterocycles. The minimum Gasteiger partial charge on any atom is -0.481 e. The molecule has 0 saturated heterocycles. The maximum atomic E-state index is 11.8. The van der Waals surface area contributed by atoms with E-state index in [1.54, 1.807) is 0 Å². The van der Waals surface area contributed by atoms with E-state index < -0.39 is 11.5 Å². The monoisotopic (exact) mass is 258 g/mol. The first-order valence-electron chi connectivity index (χ1n) is 6.65. The van der Waals surface area contributed by atoms with Gasteiger partial charge in [0.25, 0.3) is 0 Å². The molecule has 0 bridgehead atoms. The summed E-state index contributed by atoms with van der Waals surface area (Å²) in [6, 6.07) is 0. The van der Waals surface area contributed by atoms with Crippen LogP contribution in [0.15, 0.2) is 0 Å². The molecule has 18 heavy (non-hydrogen) atoms. The Morgan fingerprint density at radius 1 is 1.11 bits per heavy atom. The molecule has 0 aromatic carbocycles. The van der Waals surface area contributed by atoms with Gasteiger partial charge in [-0.05, 0) is 33.2 Å². The number of hydrogen-bond donors (Lipinski definition) is 3. The maximum Gasteiger partial charge on any atom is 0.303 e. The van der Waals surface area contributed by atoms with Crippen LogP contribution in [0, 0.1) is 0 Å². The molecule has 0 aromatic heterocycles. The van der Waals surface area contributed by atoms with Crippen LogP contribution in [0.5, 0.6) is 0 Å². The summed E-state index contributed by atoms with van der Waals surface area (Å²) in [6.07, 6.45) is 3.70. The van der Waals surface area contributed by atoms with E-state index in [0.717, 1.165) is 25.8 Å². The number of amides is 1. The molecule has 0 spiro atoms. The van der Waals surface area contributed by atoms with Crippen LogP contribution in [0.3, 0.4) is 0 Å². The highest BCUT2D eigenvalue weighted by Gasteiger charge is 2.25. The number of rotatable bonds is 10. The van der Waals surface area contributed by atoms with E-state index in [-0.39, 0.29) is 12.3 Å². The molecule has 1 amide bonds. The van der Waals surface area contributed by atoms with Crippen LogP contribution in [0.2, 0.25) is 0 Å². The topological polar surface area (TPSA) is 78.4 Å². The Labute approximate surface area is 109 Å². The highest BCUT2D eigenvalue weighted by atomic mass is 16.4. The Balaban J connectivity index is 3.54. The van der Waals surface area contributed by atoms with Gasteiger partial charge in [0.2, 0.25) is 5.91 Å². The van der Waals surface area contributed by atoms with Crippen molar-refractivity contribution in [2.24, 2.45) is 0 Å². The smallest absolute Gasteiger partial charge is 0.303 e. The third kappa shape index (κ3) is 8.06. The van der Waals surface area contributed by atoms with Crippen LogP contribution in [0.1, 0.15) is 52.9 Å². The number of likely N-dealkylation sites (N-methyl/N-ethyl adjacent to an activating group) is 1. The zero-order valence-electron chi connectivity index (χ0n) is 11.7. The lowest BCUT2D eigenvalue weighted by Crippen LogP contribution is -2.52. The first-order chi connectivity index (χ1) is 8.40. The molecule has 3 N–H and O–H groups in total. The van der Waals surface area contributed by atoms with E-state index in [1.807, 2.05) is 20.8 Å². The molecular weight excluding hydrogens is 232 g/mol. The quantitative estimate of drug-likeness (QED) is 0.519. The van der Waals surface area contributed by atoms with Gasteiger partial charge >= 0.3 is 5.97 Å². The number of aliphatic carboxylic acids is 1. The Hall–Kier alpha value is -1.10. The van der Waals surface area contributed by atoms with Crippen molar-refractivity contribution >= 4 is 11.9 Å². The van der Waals surface area contributed by atoms with Crippen molar-refractivity contribution in [1.29, 1.82) is 0 Å². The molecule has 0 fully saturated rings. The van der Waals surface area contributed by atoms with Gasteiger partial charge in [-0.2, -0.15) is 0 Å². The van der Waals surface area contributed by atoms with Gasteiger partial charge in [-0.15, -0.1) is 0 Å². The predicted molar refractivity (Wildman–Crippen MR) is 71.5 cm³/mol. The molecule has 0 saturated carbocycles. The van der Waals surface area contributed by atoms with Crippen LogP contribution >= 0.6 is 0 Å². The van der Waals surface area contributed by atoms with Crippen molar-refractivity contribution in [3.05, 3.63) is 0 Å². The van der Waals surface area contributed by atoms with Gasteiger partial charge in [0.1, 0.15) is 0 Å². The molecule has 0 radical (unpaired) electrons. The largest absolute Gasteiger partial charge is 0.481 e. The Kier molecular flexibility index (Phi) is 8.37. The Morgan fingerprint density at radius 3 is 2.28 bits per heavy atom. The molecule has 0 rings (SSSR count). The lowest BCUT2D eigenvalue weighted by molar-refractivity contribution is -0.137. The highest BCUT2D eigenvalue weighted by Crippen LogP contribution is 2.04. The van der Waals surface area contributed by atoms with Crippen molar-refractivity contribution in [2.75, 3.05) is 13.1 Å². The third-order valence-electron chi connectivity index (χ3n) is 2.79. The van der Waals surface area contributed by atoms with Crippen molar-refractivity contribution in [3.8, 4) is 0 Å². The van der Waals surface area contributed by atoms with Gasteiger partial charge in [-0.25, -0.2) is 0 Å². The van der Waals surface area contributed by atoms with Gasteiger partial charge in [0.15, 0.2) is 0 Å². The van der Waals surface area contributed by atoms with E-state index >= 15 is 0 Å². The average molecular weight is 258 g/mol. The van der Waals surface area contributed by atoms with Gasteiger partial charge in [-0.1, -0.05) is 19.8 Å². The van der Waals surface area contributed by atoms with Gasteiger partial charge < -0.3 is 15.7 Å². The fourth-order valence-electron chi connectivity index (χ4n) is 1.70. The predicted octanol–water partition coefficient (Wildman–Crippen LogP) is 1.53. The minimum atomic E-state index is -0.740. The van der Waals surface area contributed by atoms with Crippen molar-refractivity contribution in [1.82, 2.24) is 10.6 Å². The second-order valence-corrected chi connectivity index (χ2v) is 4.97. The number of carboxylic acids is 1. The van der Waals surface area contributed by atoms with Gasteiger partial charge in [-0.3, -0.25) is 9.59 Å². The summed E-state index contributed by atoms with van der Waals surface area (Å²) in [5.41, 5.74) is -0.530. The minimum absolute atomic E-state index is 0.00915. The fraction of sp³-hybridized carbons (Fsp3) is 0.846. The molecule has 0 aliphatic carbocycles. The van der Waals surface area contributed by atoms with E-state index in [2.05, 4.69) is 10.6 Å². The number of nitrogens with one attached hydrogen (secondary N) is 2. The van der Waals surface area contributed by atoms with Crippen molar-refractivity contribution < 1.29 is 14.7 Å². The molecule has 0 aliphatic rings. The zero-order valence-corrected chi connectivity index (χ0v) is 11.7. The second-order valence-electron chi connectivity index (χ2n) is 4.97. The van der Waals surface area contributed by atoms with E-state index in [1.165, 1.54) is 0 Å². The first-order valence-corrected chi connectivity index (χ1v) is 6.65. The lowest BCUT2D eigenvalue weighted by atomic mass is 10.0. The third-order valence-corrected chi connectivity index (χ3v) is 2.79. The summed E-state index contributed by atoms with van der Waals surface area (Å²) in [7, 11) is 0. The fourth-order valence-corrected chi connectivity index (χ4v) is 1.70. The van der Waals surface area contributed by atoms with E-state index in [9.17, 15) is 9.59 Å². The average Bonchev–Trinajstić information content (AvgIpc) is 2.26. The Morgan fingerprint density at radius 2 is 1.72 bits per heavy atom. The number of hydrogen-bond acceptors (Lipinski definition) is 3. The summed E-state index contributed by atoms with van der Waals surface area (Å²) >= 11 is 0. The van der Waals surface area contributed by atoms with E-state index in [4.69, 9.17) is 5.11 Å². The SMILES string of the molecule is CCNC(C)(C)C(=O)NCCCCCCC(=O)O.